The zero-order valence-corrected chi connectivity index (χ0v) is 7.97. The first-order valence-electron chi connectivity index (χ1n) is 3.97. The van der Waals surface area contributed by atoms with Crippen LogP contribution in [0.15, 0.2) is 24.4 Å². The topological polar surface area (TPSA) is 25.8 Å². The van der Waals surface area contributed by atoms with Crippen molar-refractivity contribution in [2.45, 2.75) is 6.18 Å². The van der Waals surface area contributed by atoms with Crippen molar-refractivity contribution in [3.8, 4) is 0 Å². The molecule has 0 radical (unpaired) electrons. The second kappa shape index (κ2) is 3.34. The number of halogens is 4. The van der Waals surface area contributed by atoms with Crippen LogP contribution in [0.5, 0.6) is 0 Å². The molecule has 0 aliphatic heterocycles. The fraction of sp³-hybridized carbons (Fsp3) is 0.111. The van der Waals surface area contributed by atoms with Crippen molar-refractivity contribution in [3.63, 3.8) is 0 Å². The van der Waals surface area contributed by atoms with E-state index >= 15 is 0 Å². The third-order valence-corrected chi connectivity index (χ3v) is 2.13. The first-order chi connectivity index (χ1) is 6.98. The van der Waals surface area contributed by atoms with Gasteiger partial charge in [0.15, 0.2) is 0 Å². The fourth-order valence-electron chi connectivity index (χ4n) is 1.15. The maximum atomic E-state index is 12.3. The van der Waals surface area contributed by atoms with Crippen LogP contribution in [-0.2, 0) is 6.18 Å². The predicted octanol–water partition coefficient (Wildman–Crippen LogP) is 3.30. The highest BCUT2D eigenvalue weighted by Crippen LogP contribution is 2.30. The molecule has 0 unspecified atom stereocenters. The number of pyridine rings is 2. The highest BCUT2D eigenvalue weighted by molar-refractivity contribution is 6.34. The summed E-state index contributed by atoms with van der Waals surface area (Å²) in [6, 6.07) is 3.53. The molecule has 2 heterocycles. The van der Waals surface area contributed by atoms with Gasteiger partial charge in [0.05, 0.1) is 10.5 Å². The third kappa shape index (κ3) is 1.87. The van der Waals surface area contributed by atoms with Gasteiger partial charge in [0, 0.05) is 6.20 Å². The van der Waals surface area contributed by atoms with Gasteiger partial charge in [-0.2, -0.15) is 13.2 Å². The SMILES string of the molecule is FC(F)(F)c1ccc2nccc(Cl)c2n1. The lowest BCUT2D eigenvalue weighted by molar-refractivity contribution is -0.140. The smallest absolute Gasteiger partial charge is 0.255 e. The quantitative estimate of drug-likeness (QED) is 0.696. The van der Waals surface area contributed by atoms with Crippen molar-refractivity contribution in [3.05, 3.63) is 35.1 Å². The van der Waals surface area contributed by atoms with Gasteiger partial charge in [0.25, 0.3) is 0 Å². The van der Waals surface area contributed by atoms with Crippen LogP contribution in [0.3, 0.4) is 0 Å². The molecule has 0 saturated carbocycles. The Labute approximate surface area is 87.7 Å². The van der Waals surface area contributed by atoms with Crippen molar-refractivity contribution >= 4 is 22.6 Å². The Balaban J connectivity index is 2.70. The summed E-state index contributed by atoms with van der Waals surface area (Å²) in [5, 5.41) is 0.158. The molecule has 0 bridgehead atoms. The first kappa shape index (κ1) is 10.2. The van der Waals surface area contributed by atoms with Gasteiger partial charge in [-0.1, -0.05) is 11.6 Å². The van der Waals surface area contributed by atoms with Crippen molar-refractivity contribution < 1.29 is 13.2 Å². The summed E-state index contributed by atoms with van der Waals surface area (Å²) >= 11 is 5.71. The second-order valence-electron chi connectivity index (χ2n) is 2.85. The van der Waals surface area contributed by atoms with Gasteiger partial charge < -0.3 is 0 Å². The Morgan fingerprint density at radius 1 is 1.13 bits per heavy atom. The molecule has 0 aliphatic rings. The monoisotopic (exact) mass is 232 g/mol. The van der Waals surface area contributed by atoms with E-state index in [0.717, 1.165) is 6.07 Å². The van der Waals surface area contributed by atoms with Crippen molar-refractivity contribution in [1.29, 1.82) is 0 Å². The van der Waals surface area contributed by atoms with E-state index in [1.54, 1.807) is 0 Å². The van der Waals surface area contributed by atoms with Crippen LogP contribution in [0.1, 0.15) is 5.69 Å². The molecule has 0 aromatic carbocycles. The highest BCUT2D eigenvalue weighted by atomic mass is 35.5. The molecule has 15 heavy (non-hydrogen) atoms. The van der Waals surface area contributed by atoms with Crippen LogP contribution in [0, 0.1) is 0 Å². The zero-order chi connectivity index (χ0) is 11.1. The summed E-state index contributed by atoms with van der Waals surface area (Å²) in [5.41, 5.74) is -0.561. The Morgan fingerprint density at radius 2 is 1.87 bits per heavy atom. The maximum absolute atomic E-state index is 12.3. The van der Waals surface area contributed by atoms with Gasteiger partial charge in [0.2, 0.25) is 0 Å². The Bertz CT molecular complexity index is 510. The van der Waals surface area contributed by atoms with Crippen LogP contribution >= 0.6 is 11.6 Å². The van der Waals surface area contributed by atoms with E-state index in [1.807, 2.05) is 0 Å². The van der Waals surface area contributed by atoms with Crippen LogP contribution in [0.2, 0.25) is 5.02 Å². The normalized spacial score (nSPS) is 12.0. The number of hydrogen-bond acceptors (Lipinski definition) is 2. The first-order valence-corrected chi connectivity index (χ1v) is 4.35. The Morgan fingerprint density at radius 3 is 2.53 bits per heavy atom. The summed E-state index contributed by atoms with van der Waals surface area (Å²) in [6.07, 6.45) is -3.05. The van der Waals surface area contributed by atoms with Gasteiger partial charge >= 0.3 is 6.18 Å². The van der Waals surface area contributed by atoms with E-state index < -0.39 is 11.9 Å². The molecule has 6 heteroatoms. The highest BCUT2D eigenvalue weighted by Gasteiger charge is 2.32. The van der Waals surface area contributed by atoms with Gasteiger partial charge in [-0.05, 0) is 18.2 Å². The maximum Gasteiger partial charge on any atom is 0.433 e. The number of hydrogen-bond donors (Lipinski definition) is 0. The summed E-state index contributed by atoms with van der Waals surface area (Å²) in [4.78, 5) is 7.28. The average Bonchev–Trinajstić information content (AvgIpc) is 2.16. The predicted molar refractivity (Wildman–Crippen MR) is 49.6 cm³/mol. The van der Waals surface area contributed by atoms with Crippen molar-refractivity contribution in [2.75, 3.05) is 0 Å². The zero-order valence-electron chi connectivity index (χ0n) is 7.22. The number of rotatable bonds is 0. The van der Waals surface area contributed by atoms with Gasteiger partial charge in [-0.15, -0.1) is 0 Å². The van der Waals surface area contributed by atoms with Crippen LogP contribution in [0.25, 0.3) is 11.0 Å². The third-order valence-electron chi connectivity index (χ3n) is 1.83. The molecule has 0 aliphatic carbocycles. The minimum absolute atomic E-state index is 0.0639. The van der Waals surface area contributed by atoms with E-state index in [-0.39, 0.29) is 10.5 Å². The fourth-order valence-corrected chi connectivity index (χ4v) is 1.35. The minimum atomic E-state index is -4.46. The molecule has 2 aromatic heterocycles. The van der Waals surface area contributed by atoms with Crippen molar-refractivity contribution in [2.24, 2.45) is 0 Å². The molecule has 0 spiro atoms. The van der Waals surface area contributed by atoms with Crippen LogP contribution in [0.4, 0.5) is 13.2 Å². The molecular formula is C9H4ClF3N2. The van der Waals surface area contributed by atoms with Gasteiger partial charge in [0.1, 0.15) is 11.2 Å². The Hall–Kier alpha value is -1.36. The van der Waals surface area contributed by atoms with E-state index in [0.29, 0.717) is 5.52 Å². The largest absolute Gasteiger partial charge is 0.433 e. The molecule has 2 aromatic rings. The van der Waals surface area contributed by atoms with E-state index in [2.05, 4.69) is 9.97 Å². The molecule has 0 atom stereocenters. The summed E-state index contributed by atoms with van der Waals surface area (Å²) in [5.74, 6) is 0. The van der Waals surface area contributed by atoms with Gasteiger partial charge in [-0.25, -0.2) is 4.98 Å². The number of alkyl halides is 3. The lowest BCUT2D eigenvalue weighted by atomic mass is 10.3. The second-order valence-corrected chi connectivity index (χ2v) is 3.26. The molecule has 78 valence electrons. The number of fused-ring (bicyclic) bond motifs is 1. The number of aromatic nitrogens is 2. The van der Waals surface area contributed by atoms with E-state index in [4.69, 9.17) is 11.6 Å². The molecule has 2 rings (SSSR count). The number of nitrogens with zero attached hydrogens (tertiary/aromatic N) is 2. The molecule has 2 nitrogen and oxygen atoms in total. The molecule has 0 saturated heterocycles. The Kier molecular flexibility index (Phi) is 2.26. The molecule has 0 fully saturated rings. The van der Waals surface area contributed by atoms with Gasteiger partial charge in [-0.3, -0.25) is 4.98 Å². The lowest BCUT2D eigenvalue weighted by Gasteiger charge is -2.06. The summed E-state index contributed by atoms with van der Waals surface area (Å²) in [7, 11) is 0. The van der Waals surface area contributed by atoms with E-state index in [1.165, 1.54) is 18.3 Å². The molecular weight excluding hydrogens is 229 g/mol. The van der Waals surface area contributed by atoms with Crippen LogP contribution in [-0.4, -0.2) is 9.97 Å². The molecule has 0 N–H and O–H groups in total. The average molecular weight is 233 g/mol. The molecule has 0 amide bonds. The lowest BCUT2D eigenvalue weighted by Crippen LogP contribution is -2.07. The summed E-state index contributed by atoms with van der Waals surface area (Å²) < 4.78 is 37.0. The van der Waals surface area contributed by atoms with Crippen LogP contribution < -0.4 is 0 Å². The van der Waals surface area contributed by atoms with E-state index in [9.17, 15) is 13.2 Å². The standard InChI is InChI=1S/C9H4ClF3N2/c10-5-3-4-14-6-1-2-7(9(11,12)13)15-8(5)6/h1-4H. The van der Waals surface area contributed by atoms with Crippen molar-refractivity contribution in [1.82, 2.24) is 9.97 Å². The summed E-state index contributed by atoms with van der Waals surface area (Å²) in [6.45, 7) is 0. The minimum Gasteiger partial charge on any atom is -0.255 e.